The molecule has 1 amide bonds. The highest BCUT2D eigenvalue weighted by Gasteiger charge is 1.94. The van der Waals surface area contributed by atoms with Crippen LogP contribution in [0, 0.1) is 0 Å². The predicted octanol–water partition coefficient (Wildman–Crippen LogP) is 0.476. The van der Waals surface area contributed by atoms with Gasteiger partial charge in [-0.05, 0) is 0 Å². The number of hydrogen-bond donors (Lipinski definition) is 2. The van der Waals surface area contributed by atoms with Gasteiger partial charge < -0.3 is 14.8 Å². The van der Waals surface area contributed by atoms with E-state index in [1.54, 1.807) is 0 Å². The van der Waals surface area contributed by atoms with Gasteiger partial charge in [-0.25, -0.2) is 0 Å². The zero-order valence-electron chi connectivity index (χ0n) is 8.62. The van der Waals surface area contributed by atoms with E-state index in [4.69, 9.17) is 9.47 Å². The van der Waals surface area contributed by atoms with Crippen molar-refractivity contribution in [1.29, 1.82) is 0 Å². The second-order valence-electron chi connectivity index (χ2n) is 2.65. The van der Waals surface area contributed by atoms with Gasteiger partial charge in [-0.2, -0.15) is 12.6 Å². The Bertz CT molecular complexity index is 144. The third-order valence-corrected chi connectivity index (χ3v) is 1.68. The van der Waals surface area contributed by atoms with Crippen molar-refractivity contribution in [1.82, 2.24) is 5.32 Å². The fourth-order valence-corrected chi connectivity index (χ4v) is 0.903. The van der Waals surface area contributed by atoms with E-state index in [9.17, 15) is 4.79 Å². The van der Waals surface area contributed by atoms with Crippen LogP contribution in [-0.4, -0.2) is 44.6 Å². The highest BCUT2D eigenvalue weighted by molar-refractivity contribution is 7.80. The van der Waals surface area contributed by atoms with E-state index in [0.29, 0.717) is 39.4 Å². The Kier molecular flexibility index (Phi) is 10.6. The molecule has 0 bridgehead atoms. The number of hydrogen-bond acceptors (Lipinski definition) is 4. The second kappa shape index (κ2) is 10.8. The van der Waals surface area contributed by atoms with Crippen LogP contribution >= 0.6 is 12.6 Å². The number of carbonyl (C=O) groups excluding carboxylic acids is 1. The molecule has 0 aliphatic rings. The summed E-state index contributed by atoms with van der Waals surface area (Å²) in [5.74, 6) is 0.784. The molecule has 0 rings (SSSR count). The van der Waals surface area contributed by atoms with Crippen molar-refractivity contribution in [2.24, 2.45) is 0 Å². The van der Waals surface area contributed by atoms with E-state index in [1.165, 1.54) is 0 Å². The van der Waals surface area contributed by atoms with Gasteiger partial charge in [-0.1, -0.05) is 6.92 Å². The molecule has 0 heterocycles. The SMILES string of the molecule is CCC(=O)NCCOCCOCCS. The van der Waals surface area contributed by atoms with Crippen LogP contribution in [0.4, 0.5) is 0 Å². The summed E-state index contributed by atoms with van der Waals surface area (Å²) in [6.45, 7) is 4.73. The maximum atomic E-state index is 10.8. The van der Waals surface area contributed by atoms with Crippen LogP contribution in [0.25, 0.3) is 0 Å². The number of amides is 1. The summed E-state index contributed by atoms with van der Waals surface area (Å²) in [6.07, 6.45) is 0.519. The monoisotopic (exact) mass is 221 g/mol. The van der Waals surface area contributed by atoms with Gasteiger partial charge in [0.2, 0.25) is 5.91 Å². The van der Waals surface area contributed by atoms with Gasteiger partial charge in [0, 0.05) is 18.7 Å². The van der Waals surface area contributed by atoms with E-state index in [-0.39, 0.29) is 5.91 Å². The smallest absolute Gasteiger partial charge is 0.219 e. The molecule has 0 atom stereocenters. The molecular weight excluding hydrogens is 202 g/mol. The topological polar surface area (TPSA) is 47.6 Å². The van der Waals surface area contributed by atoms with Gasteiger partial charge in [0.25, 0.3) is 0 Å². The lowest BCUT2D eigenvalue weighted by Crippen LogP contribution is -2.26. The first-order chi connectivity index (χ1) is 6.81. The van der Waals surface area contributed by atoms with Gasteiger partial charge in [0.05, 0.1) is 26.4 Å². The normalized spacial score (nSPS) is 10.1. The average Bonchev–Trinajstić information content (AvgIpc) is 2.21. The van der Waals surface area contributed by atoms with E-state index in [2.05, 4.69) is 17.9 Å². The fraction of sp³-hybridized carbons (Fsp3) is 0.889. The zero-order valence-corrected chi connectivity index (χ0v) is 9.52. The lowest BCUT2D eigenvalue weighted by molar-refractivity contribution is -0.121. The minimum atomic E-state index is 0.0555. The first-order valence-corrected chi connectivity index (χ1v) is 5.47. The Balaban J connectivity index is 2.95. The Morgan fingerprint density at radius 3 is 2.43 bits per heavy atom. The van der Waals surface area contributed by atoms with E-state index in [1.807, 2.05) is 6.92 Å². The number of nitrogens with one attached hydrogen (secondary N) is 1. The van der Waals surface area contributed by atoms with Crippen molar-refractivity contribution in [2.45, 2.75) is 13.3 Å². The Labute approximate surface area is 90.8 Å². The van der Waals surface area contributed by atoms with Crippen LogP contribution in [0.3, 0.4) is 0 Å². The van der Waals surface area contributed by atoms with Gasteiger partial charge in [0.1, 0.15) is 0 Å². The molecule has 0 aliphatic carbocycles. The van der Waals surface area contributed by atoms with Crippen LogP contribution in [-0.2, 0) is 14.3 Å². The predicted molar refractivity (Wildman–Crippen MR) is 58.8 cm³/mol. The summed E-state index contributed by atoms with van der Waals surface area (Å²) < 4.78 is 10.4. The molecule has 0 saturated carbocycles. The van der Waals surface area contributed by atoms with Crippen molar-refractivity contribution in [3.8, 4) is 0 Å². The lowest BCUT2D eigenvalue weighted by atomic mass is 10.4. The molecule has 0 fully saturated rings. The van der Waals surface area contributed by atoms with Gasteiger partial charge in [-0.15, -0.1) is 0 Å². The summed E-state index contributed by atoms with van der Waals surface area (Å²) in [6, 6.07) is 0. The van der Waals surface area contributed by atoms with Gasteiger partial charge in [-0.3, -0.25) is 4.79 Å². The minimum Gasteiger partial charge on any atom is -0.378 e. The summed E-state index contributed by atoms with van der Waals surface area (Å²) in [4.78, 5) is 10.8. The van der Waals surface area contributed by atoms with E-state index in [0.717, 1.165) is 5.75 Å². The highest BCUT2D eigenvalue weighted by atomic mass is 32.1. The molecule has 0 unspecified atom stereocenters. The van der Waals surface area contributed by atoms with Crippen molar-refractivity contribution in [3.05, 3.63) is 0 Å². The summed E-state index contributed by atoms with van der Waals surface area (Å²) in [5, 5.41) is 2.72. The first-order valence-electron chi connectivity index (χ1n) is 4.84. The number of ether oxygens (including phenoxy) is 2. The van der Waals surface area contributed by atoms with Crippen LogP contribution in [0.2, 0.25) is 0 Å². The molecule has 84 valence electrons. The molecule has 0 aromatic heterocycles. The summed E-state index contributed by atoms with van der Waals surface area (Å²) in [7, 11) is 0. The van der Waals surface area contributed by atoms with Crippen molar-refractivity contribution in [3.63, 3.8) is 0 Å². The number of thiol groups is 1. The average molecular weight is 221 g/mol. The standard InChI is InChI=1S/C9H19NO3S/c1-2-9(11)10-3-4-12-5-6-13-7-8-14/h14H,2-8H2,1H3,(H,10,11). The molecule has 0 aromatic rings. The number of carbonyl (C=O) groups is 1. The first kappa shape index (κ1) is 13.7. The third kappa shape index (κ3) is 9.83. The lowest BCUT2D eigenvalue weighted by Gasteiger charge is -2.05. The molecule has 1 N–H and O–H groups in total. The van der Waals surface area contributed by atoms with Crippen molar-refractivity contribution < 1.29 is 14.3 Å². The molecule has 0 spiro atoms. The van der Waals surface area contributed by atoms with Crippen LogP contribution < -0.4 is 5.32 Å². The molecule has 4 nitrogen and oxygen atoms in total. The minimum absolute atomic E-state index is 0.0555. The maximum Gasteiger partial charge on any atom is 0.219 e. The quantitative estimate of drug-likeness (QED) is 0.440. The molecule has 0 saturated heterocycles. The van der Waals surface area contributed by atoms with Crippen molar-refractivity contribution >= 4 is 18.5 Å². The Morgan fingerprint density at radius 1 is 1.21 bits per heavy atom. The highest BCUT2D eigenvalue weighted by Crippen LogP contribution is 1.81. The molecule has 0 aromatic carbocycles. The van der Waals surface area contributed by atoms with Crippen LogP contribution in [0.15, 0.2) is 0 Å². The molecular formula is C9H19NO3S. The zero-order chi connectivity index (χ0) is 10.6. The number of rotatable bonds is 9. The largest absolute Gasteiger partial charge is 0.378 e. The molecule has 0 aliphatic heterocycles. The maximum absolute atomic E-state index is 10.8. The molecule has 0 radical (unpaired) electrons. The second-order valence-corrected chi connectivity index (χ2v) is 3.10. The third-order valence-electron chi connectivity index (χ3n) is 1.50. The van der Waals surface area contributed by atoms with Gasteiger partial charge in [0.15, 0.2) is 0 Å². The van der Waals surface area contributed by atoms with E-state index >= 15 is 0 Å². The van der Waals surface area contributed by atoms with Crippen molar-refractivity contribution in [2.75, 3.05) is 38.7 Å². The molecule has 14 heavy (non-hydrogen) atoms. The fourth-order valence-electron chi connectivity index (χ4n) is 0.774. The van der Waals surface area contributed by atoms with Crippen LogP contribution in [0.1, 0.15) is 13.3 Å². The van der Waals surface area contributed by atoms with Gasteiger partial charge >= 0.3 is 0 Å². The summed E-state index contributed by atoms with van der Waals surface area (Å²) in [5.41, 5.74) is 0. The van der Waals surface area contributed by atoms with Crippen LogP contribution in [0.5, 0.6) is 0 Å². The molecule has 5 heteroatoms. The Hall–Kier alpha value is -0.260. The van der Waals surface area contributed by atoms with E-state index < -0.39 is 0 Å². The Morgan fingerprint density at radius 2 is 1.86 bits per heavy atom. The summed E-state index contributed by atoms with van der Waals surface area (Å²) >= 11 is 4.00.